The van der Waals surface area contributed by atoms with Crippen molar-refractivity contribution in [2.24, 2.45) is 0 Å². The van der Waals surface area contributed by atoms with Crippen LogP contribution in [0.15, 0.2) is 48.5 Å². The van der Waals surface area contributed by atoms with E-state index < -0.39 is 10.0 Å². The average molecular weight is 364 g/mol. The van der Waals surface area contributed by atoms with Crippen LogP contribution < -0.4 is 5.32 Å². The summed E-state index contributed by atoms with van der Waals surface area (Å²) in [6, 6.07) is 12.8. The van der Waals surface area contributed by atoms with Gasteiger partial charge in [0, 0.05) is 25.2 Å². The Hall–Kier alpha value is -2.25. The molecular formula is C18H21FN2O3S. The van der Waals surface area contributed by atoms with Crippen LogP contribution in [0, 0.1) is 12.7 Å². The number of sulfonamides is 1. The van der Waals surface area contributed by atoms with Gasteiger partial charge in [-0.15, -0.1) is 0 Å². The second-order valence-corrected chi connectivity index (χ2v) is 7.83. The van der Waals surface area contributed by atoms with Crippen LogP contribution in [0.2, 0.25) is 0 Å². The predicted octanol–water partition coefficient (Wildman–Crippen LogP) is 2.33. The fourth-order valence-corrected chi connectivity index (χ4v) is 3.14. The molecule has 0 fully saturated rings. The minimum Gasteiger partial charge on any atom is -0.351 e. The minimum absolute atomic E-state index is 0.124. The van der Waals surface area contributed by atoms with Gasteiger partial charge >= 0.3 is 0 Å². The largest absolute Gasteiger partial charge is 0.351 e. The lowest BCUT2D eigenvalue weighted by molar-refractivity contribution is 0.0951. The topological polar surface area (TPSA) is 66.5 Å². The number of nitrogens with zero attached hydrogens (tertiary/aromatic N) is 1. The molecule has 0 aromatic heterocycles. The number of halogens is 1. The van der Waals surface area contributed by atoms with Gasteiger partial charge in [0.05, 0.1) is 6.26 Å². The number of carbonyl (C=O) groups is 1. The number of aryl methyl sites for hydroxylation is 1. The summed E-state index contributed by atoms with van der Waals surface area (Å²) in [4.78, 5) is 12.1. The first-order valence-electron chi connectivity index (χ1n) is 7.80. The molecule has 0 atom stereocenters. The Morgan fingerprint density at radius 3 is 2.44 bits per heavy atom. The Balaban J connectivity index is 1.96. The van der Waals surface area contributed by atoms with Gasteiger partial charge in [-0.1, -0.05) is 29.8 Å². The van der Waals surface area contributed by atoms with Gasteiger partial charge in [0.2, 0.25) is 10.0 Å². The van der Waals surface area contributed by atoms with Gasteiger partial charge in [0.15, 0.2) is 0 Å². The van der Waals surface area contributed by atoms with Crippen molar-refractivity contribution in [3.63, 3.8) is 0 Å². The van der Waals surface area contributed by atoms with E-state index in [0.717, 1.165) is 11.8 Å². The molecule has 0 aliphatic heterocycles. The first-order chi connectivity index (χ1) is 11.8. The fraction of sp³-hybridized carbons (Fsp3) is 0.278. The van der Waals surface area contributed by atoms with Crippen molar-refractivity contribution in [2.75, 3.05) is 19.3 Å². The van der Waals surface area contributed by atoms with Crippen LogP contribution in [0.5, 0.6) is 0 Å². The van der Waals surface area contributed by atoms with Crippen molar-refractivity contribution in [2.45, 2.75) is 13.5 Å². The molecule has 1 N–H and O–H groups in total. The van der Waals surface area contributed by atoms with Crippen molar-refractivity contribution < 1.29 is 17.6 Å². The van der Waals surface area contributed by atoms with E-state index in [4.69, 9.17) is 0 Å². The standard InChI is InChI=1S/C18H21FN2O3S/c1-14-4-3-5-16(12-14)18(22)20-10-11-21(25(2,23)24)13-15-6-8-17(19)9-7-15/h3-9,12H,10-11,13H2,1-2H3,(H,20,22). The van der Waals surface area contributed by atoms with Gasteiger partial charge in [-0.2, -0.15) is 4.31 Å². The summed E-state index contributed by atoms with van der Waals surface area (Å²) in [5.41, 5.74) is 2.18. The number of carbonyl (C=O) groups excluding carboxylic acids is 1. The summed E-state index contributed by atoms with van der Waals surface area (Å²) in [6.07, 6.45) is 1.11. The number of nitrogens with one attached hydrogen (secondary N) is 1. The maximum absolute atomic E-state index is 13.0. The van der Waals surface area contributed by atoms with Crippen molar-refractivity contribution in [3.8, 4) is 0 Å². The highest BCUT2D eigenvalue weighted by atomic mass is 32.2. The van der Waals surface area contributed by atoms with Crippen molar-refractivity contribution >= 4 is 15.9 Å². The van der Waals surface area contributed by atoms with Gasteiger partial charge in [0.1, 0.15) is 5.82 Å². The minimum atomic E-state index is -3.45. The molecular weight excluding hydrogens is 343 g/mol. The Morgan fingerprint density at radius 2 is 1.84 bits per heavy atom. The average Bonchev–Trinajstić information content (AvgIpc) is 2.54. The van der Waals surface area contributed by atoms with Crippen LogP contribution in [0.25, 0.3) is 0 Å². The van der Waals surface area contributed by atoms with Crippen LogP contribution in [0.4, 0.5) is 4.39 Å². The maximum atomic E-state index is 13.0. The molecule has 0 unspecified atom stereocenters. The van der Waals surface area contributed by atoms with Gasteiger partial charge in [-0.25, -0.2) is 12.8 Å². The monoisotopic (exact) mass is 364 g/mol. The molecule has 25 heavy (non-hydrogen) atoms. The van der Waals surface area contributed by atoms with Gasteiger partial charge in [-0.05, 0) is 36.8 Å². The first-order valence-corrected chi connectivity index (χ1v) is 9.65. The third-order valence-corrected chi connectivity index (χ3v) is 4.92. The summed E-state index contributed by atoms with van der Waals surface area (Å²) in [6.45, 7) is 2.33. The molecule has 1 amide bonds. The number of benzene rings is 2. The normalized spacial score (nSPS) is 11.5. The van der Waals surface area contributed by atoms with E-state index in [0.29, 0.717) is 11.1 Å². The number of rotatable bonds is 7. The molecule has 0 heterocycles. The van der Waals surface area contributed by atoms with Gasteiger partial charge < -0.3 is 5.32 Å². The van der Waals surface area contributed by atoms with Crippen LogP contribution in [0.3, 0.4) is 0 Å². The van der Waals surface area contributed by atoms with E-state index in [1.54, 1.807) is 30.3 Å². The number of hydrogen-bond donors (Lipinski definition) is 1. The second kappa shape index (κ2) is 8.22. The van der Waals surface area contributed by atoms with E-state index >= 15 is 0 Å². The number of hydrogen-bond acceptors (Lipinski definition) is 3. The molecule has 0 bridgehead atoms. The first kappa shape index (κ1) is 19.1. The van der Waals surface area contributed by atoms with Gasteiger partial charge in [-0.3, -0.25) is 4.79 Å². The Morgan fingerprint density at radius 1 is 1.16 bits per heavy atom. The van der Waals surface area contributed by atoms with Gasteiger partial charge in [0.25, 0.3) is 5.91 Å². The zero-order valence-corrected chi connectivity index (χ0v) is 15.0. The number of amides is 1. The Bertz CT molecular complexity index is 836. The third-order valence-electron chi connectivity index (χ3n) is 3.67. The van der Waals surface area contributed by atoms with Crippen LogP contribution in [-0.4, -0.2) is 38.0 Å². The van der Waals surface area contributed by atoms with E-state index in [1.807, 2.05) is 13.0 Å². The van der Waals surface area contributed by atoms with E-state index in [2.05, 4.69) is 5.32 Å². The van der Waals surface area contributed by atoms with Crippen LogP contribution >= 0.6 is 0 Å². The molecule has 2 aromatic carbocycles. The second-order valence-electron chi connectivity index (χ2n) is 5.85. The zero-order chi connectivity index (χ0) is 18.4. The maximum Gasteiger partial charge on any atom is 0.251 e. The van der Waals surface area contributed by atoms with E-state index in [1.165, 1.54) is 16.4 Å². The summed E-state index contributed by atoms with van der Waals surface area (Å²) >= 11 is 0. The highest BCUT2D eigenvalue weighted by molar-refractivity contribution is 7.88. The highest BCUT2D eigenvalue weighted by Gasteiger charge is 2.17. The summed E-state index contributed by atoms with van der Waals surface area (Å²) in [5.74, 6) is -0.626. The predicted molar refractivity (Wildman–Crippen MR) is 95.2 cm³/mol. The van der Waals surface area contributed by atoms with Crippen LogP contribution in [0.1, 0.15) is 21.5 Å². The molecule has 0 radical (unpaired) electrons. The van der Waals surface area contributed by atoms with Crippen LogP contribution in [-0.2, 0) is 16.6 Å². The lowest BCUT2D eigenvalue weighted by Crippen LogP contribution is -2.37. The quantitative estimate of drug-likeness (QED) is 0.820. The molecule has 2 rings (SSSR count). The summed E-state index contributed by atoms with van der Waals surface area (Å²) in [7, 11) is -3.45. The molecule has 7 heteroatoms. The molecule has 0 saturated heterocycles. The highest BCUT2D eigenvalue weighted by Crippen LogP contribution is 2.09. The van der Waals surface area contributed by atoms with Crippen molar-refractivity contribution in [1.29, 1.82) is 0 Å². The molecule has 134 valence electrons. The summed E-state index contributed by atoms with van der Waals surface area (Å²) < 4.78 is 38.1. The van der Waals surface area contributed by atoms with Crippen molar-refractivity contribution in [1.82, 2.24) is 9.62 Å². The lowest BCUT2D eigenvalue weighted by atomic mass is 10.1. The SMILES string of the molecule is Cc1cccc(C(=O)NCCN(Cc2ccc(F)cc2)S(C)(=O)=O)c1. The molecule has 0 saturated carbocycles. The Kier molecular flexibility index (Phi) is 6.27. The molecule has 0 spiro atoms. The molecule has 5 nitrogen and oxygen atoms in total. The fourth-order valence-electron chi connectivity index (χ4n) is 2.34. The smallest absolute Gasteiger partial charge is 0.251 e. The lowest BCUT2D eigenvalue weighted by Gasteiger charge is -2.20. The van der Waals surface area contributed by atoms with E-state index in [9.17, 15) is 17.6 Å². The summed E-state index contributed by atoms with van der Waals surface area (Å²) in [5, 5.41) is 2.72. The zero-order valence-electron chi connectivity index (χ0n) is 14.2. The molecule has 0 aliphatic carbocycles. The molecule has 2 aromatic rings. The Labute approximate surface area is 147 Å². The third kappa shape index (κ3) is 5.95. The van der Waals surface area contributed by atoms with Crippen molar-refractivity contribution in [3.05, 3.63) is 71.0 Å². The molecule has 0 aliphatic rings. The van der Waals surface area contributed by atoms with E-state index in [-0.39, 0.29) is 31.4 Å².